The van der Waals surface area contributed by atoms with Gasteiger partial charge in [0.15, 0.2) is 12.4 Å². The highest BCUT2D eigenvalue weighted by molar-refractivity contribution is 5.70. The second-order valence-electron chi connectivity index (χ2n) is 14.5. The molecule has 0 saturated carbocycles. The van der Waals surface area contributed by atoms with E-state index in [1.807, 2.05) is 0 Å². The molecule has 1 saturated heterocycles. The van der Waals surface area contributed by atoms with Crippen molar-refractivity contribution in [3.05, 3.63) is 17.9 Å². The lowest BCUT2D eigenvalue weighted by Crippen LogP contribution is -2.59. The summed E-state index contributed by atoms with van der Waals surface area (Å²) in [7, 11) is 0. The Morgan fingerprint density at radius 2 is 1.08 bits per heavy atom. The van der Waals surface area contributed by atoms with Crippen LogP contribution in [-0.4, -0.2) is 89.0 Å². The van der Waals surface area contributed by atoms with Crippen LogP contribution in [0.5, 0.6) is 0 Å². The number of carbonyl (C=O) groups excluding carboxylic acids is 2. The zero-order valence-electron chi connectivity index (χ0n) is 32.9. The molecule has 0 radical (unpaired) electrons. The van der Waals surface area contributed by atoms with Gasteiger partial charge in [-0.25, -0.2) is 0 Å². The van der Waals surface area contributed by atoms with E-state index in [1.165, 1.54) is 83.5 Å². The maximum atomic E-state index is 12.7. The van der Waals surface area contributed by atoms with E-state index >= 15 is 0 Å². The molecule has 0 amide bonds. The number of aliphatic hydroxyl groups excluding tert-OH is 4. The molecule has 4 N–H and O–H groups in total. The van der Waals surface area contributed by atoms with Crippen LogP contribution in [0.3, 0.4) is 0 Å². The second kappa shape index (κ2) is 33.8. The summed E-state index contributed by atoms with van der Waals surface area (Å²) >= 11 is 0. The fourth-order valence-corrected chi connectivity index (χ4v) is 6.28. The highest BCUT2D eigenvalue weighted by Gasteiger charge is 2.44. The van der Waals surface area contributed by atoms with Crippen LogP contribution >= 0.6 is 0 Å². The third kappa shape index (κ3) is 25.3. The van der Waals surface area contributed by atoms with E-state index in [2.05, 4.69) is 31.7 Å². The Labute approximate surface area is 315 Å². The third-order valence-electron chi connectivity index (χ3n) is 9.67. The zero-order valence-corrected chi connectivity index (χ0v) is 32.9. The fourth-order valence-electron chi connectivity index (χ4n) is 6.28. The Kier molecular flexibility index (Phi) is 31.3. The first-order valence-electron chi connectivity index (χ1n) is 21.0. The number of allylic oxidation sites excluding steroid dienone is 1. The van der Waals surface area contributed by atoms with Gasteiger partial charge >= 0.3 is 11.9 Å². The van der Waals surface area contributed by atoms with E-state index in [-0.39, 0.29) is 26.1 Å². The van der Waals surface area contributed by atoms with E-state index in [4.69, 9.17) is 18.9 Å². The van der Waals surface area contributed by atoms with Gasteiger partial charge in [0.05, 0.1) is 13.2 Å². The van der Waals surface area contributed by atoms with Crippen LogP contribution < -0.4 is 0 Å². The smallest absolute Gasteiger partial charge is 0.306 e. The van der Waals surface area contributed by atoms with Crippen molar-refractivity contribution in [3.63, 3.8) is 0 Å². The molecule has 2 unspecified atom stereocenters. The lowest BCUT2D eigenvalue weighted by atomic mass is 9.99. The summed E-state index contributed by atoms with van der Waals surface area (Å²) in [6.07, 6.45) is 24.2. The van der Waals surface area contributed by atoms with Crippen molar-refractivity contribution < 1.29 is 49.0 Å². The summed E-state index contributed by atoms with van der Waals surface area (Å²) in [5.41, 5.74) is 3.29. The van der Waals surface area contributed by atoms with Crippen molar-refractivity contribution in [2.75, 3.05) is 19.8 Å². The predicted octanol–water partition coefficient (Wildman–Crippen LogP) is 8.15. The number of carbonyl (C=O) groups is 2. The number of ether oxygens (including phenoxy) is 4. The maximum Gasteiger partial charge on any atom is 0.306 e. The van der Waals surface area contributed by atoms with Gasteiger partial charge in [0.1, 0.15) is 31.0 Å². The van der Waals surface area contributed by atoms with Crippen molar-refractivity contribution in [1.29, 1.82) is 0 Å². The lowest BCUT2D eigenvalue weighted by molar-refractivity contribution is -0.305. The molecule has 0 aliphatic carbocycles. The van der Waals surface area contributed by atoms with Crippen LogP contribution in [0.2, 0.25) is 0 Å². The summed E-state index contributed by atoms with van der Waals surface area (Å²) in [4.78, 5) is 25.2. The SMILES string of the molecule is CCCCCCCC=C=CCCCCCCCC(=O)OC[C@@H](CO[C@H]1O[C@@H](CO)[C@@H](O)C(O)C1O)OC(=O)CCCCCCCCCCCCCC. The summed E-state index contributed by atoms with van der Waals surface area (Å²) in [6, 6.07) is 0. The molecule has 1 heterocycles. The van der Waals surface area contributed by atoms with Crippen LogP contribution in [0, 0.1) is 0 Å². The lowest BCUT2D eigenvalue weighted by Gasteiger charge is -2.39. The van der Waals surface area contributed by atoms with Gasteiger partial charge in [-0.1, -0.05) is 129 Å². The van der Waals surface area contributed by atoms with Crippen LogP contribution in [0.1, 0.15) is 181 Å². The minimum absolute atomic E-state index is 0.223. The third-order valence-corrected chi connectivity index (χ3v) is 9.67. The van der Waals surface area contributed by atoms with E-state index < -0.39 is 55.4 Å². The normalized spacial score (nSPS) is 20.6. The van der Waals surface area contributed by atoms with Crippen LogP contribution in [0.25, 0.3) is 0 Å². The van der Waals surface area contributed by atoms with Gasteiger partial charge in [-0.15, -0.1) is 5.73 Å². The number of hydrogen-bond acceptors (Lipinski definition) is 10. The van der Waals surface area contributed by atoms with Gasteiger partial charge in [-0.3, -0.25) is 9.59 Å². The largest absolute Gasteiger partial charge is 0.462 e. The predicted molar refractivity (Wildman–Crippen MR) is 205 cm³/mol. The molecule has 10 nitrogen and oxygen atoms in total. The molecule has 0 bridgehead atoms. The quantitative estimate of drug-likeness (QED) is 0.0289. The number of rotatable bonds is 34. The summed E-state index contributed by atoms with van der Waals surface area (Å²) < 4.78 is 22.1. The van der Waals surface area contributed by atoms with Gasteiger partial charge in [-0.2, -0.15) is 0 Å². The molecule has 52 heavy (non-hydrogen) atoms. The number of aliphatic hydroxyl groups is 4. The first-order valence-corrected chi connectivity index (χ1v) is 21.0. The number of unbranched alkanes of at least 4 members (excludes halogenated alkanes) is 21. The summed E-state index contributed by atoms with van der Waals surface area (Å²) in [5, 5.41) is 40.0. The van der Waals surface area contributed by atoms with Crippen LogP contribution in [0.15, 0.2) is 17.9 Å². The Balaban J connectivity index is 2.37. The second-order valence-corrected chi connectivity index (χ2v) is 14.5. The molecule has 10 heteroatoms. The minimum atomic E-state index is -1.59. The maximum absolute atomic E-state index is 12.7. The molecule has 304 valence electrons. The van der Waals surface area contributed by atoms with Gasteiger partial charge in [0, 0.05) is 12.8 Å². The molecule has 0 aromatic carbocycles. The molecule has 1 rings (SSSR count). The minimum Gasteiger partial charge on any atom is -0.462 e. The summed E-state index contributed by atoms with van der Waals surface area (Å²) in [5.74, 6) is -0.823. The summed E-state index contributed by atoms with van der Waals surface area (Å²) in [6.45, 7) is 3.38. The van der Waals surface area contributed by atoms with Gasteiger partial charge in [0.25, 0.3) is 0 Å². The molecular formula is C42H76O10. The highest BCUT2D eigenvalue weighted by atomic mass is 16.7. The number of esters is 2. The molecular weight excluding hydrogens is 664 g/mol. The van der Waals surface area contributed by atoms with Crippen molar-refractivity contribution in [3.8, 4) is 0 Å². The monoisotopic (exact) mass is 741 g/mol. The van der Waals surface area contributed by atoms with Crippen LogP contribution in [-0.2, 0) is 28.5 Å². The zero-order chi connectivity index (χ0) is 38.1. The first-order chi connectivity index (χ1) is 25.3. The molecule has 1 aliphatic rings. The first kappa shape index (κ1) is 48.2. The highest BCUT2D eigenvalue weighted by Crippen LogP contribution is 2.22. The van der Waals surface area contributed by atoms with Crippen LogP contribution in [0.4, 0.5) is 0 Å². The Bertz CT molecular complexity index is 918. The fraction of sp³-hybridized carbons (Fsp3) is 0.881. The van der Waals surface area contributed by atoms with Crippen molar-refractivity contribution >= 4 is 11.9 Å². The van der Waals surface area contributed by atoms with E-state index in [9.17, 15) is 30.0 Å². The Morgan fingerprint density at radius 1 is 0.615 bits per heavy atom. The van der Waals surface area contributed by atoms with E-state index in [0.717, 1.165) is 57.8 Å². The molecule has 1 fully saturated rings. The average molecular weight is 741 g/mol. The number of hydrogen-bond donors (Lipinski definition) is 4. The van der Waals surface area contributed by atoms with Crippen molar-refractivity contribution in [2.45, 2.75) is 218 Å². The molecule has 6 atom stereocenters. The van der Waals surface area contributed by atoms with E-state index in [0.29, 0.717) is 12.8 Å². The van der Waals surface area contributed by atoms with Gasteiger partial charge in [-0.05, 0) is 50.7 Å². The van der Waals surface area contributed by atoms with Gasteiger partial charge < -0.3 is 39.4 Å². The van der Waals surface area contributed by atoms with Crippen molar-refractivity contribution in [1.82, 2.24) is 0 Å². The van der Waals surface area contributed by atoms with Crippen molar-refractivity contribution in [2.24, 2.45) is 0 Å². The Hall–Kier alpha value is -1.78. The standard InChI is InChI=1S/C42H76O10/c1-3-5-7-9-11-13-15-17-18-19-21-22-24-26-28-30-37(44)49-33-35(34-50-42-41(48)40(47)39(46)36(32-43)52-42)51-38(45)31-29-27-25-23-20-16-14-12-10-8-6-4-2/h15,18,35-36,39-43,46-48H,3-14,16,19-34H2,1-2H3/t17?,35-,36-,39+,40?,41?,42-/m0/s1. The van der Waals surface area contributed by atoms with Gasteiger partial charge in [0.2, 0.25) is 0 Å². The average Bonchev–Trinajstić information content (AvgIpc) is 3.14. The molecule has 1 aliphatic heterocycles. The molecule has 0 spiro atoms. The molecule has 0 aromatic rings. The topological polar surface area (TPSA) is 152 Å². The molecule has 0 aromatic heterocycles. The Morgan fingerprint density at radius 3 is 1.58 bits per heavy atom. The van der Waals surface area contributed by atoms with E-state index in [1.54, 1.807) is 0 Å².